The number of hydrogen-bond donors (Lipinski definition) is 31. The van der Waals surface area contributed by atoms with E-state index in [0.717, 1.165) is 41.5 Å². The first-order valence-corrected chi connectivity index (χ1v) is 49.5. The first kappa shape index (κ1) is 133. The summed E-state index contributed by atoms with van der Waals surface area (Å²) in [5.74, 6) is -26.2. The maximum absolute atomic E-state index is 14.7. The van der Waals surface area contributed by atoms with E-state index in [-0.39, 0.29) is 115 Å². The lowest BCUT2D eigenvalue weighted by atomic mass is 9.99. The molecule has 0 radical (unpaired) electrons. The van der Waals surface area contributed by atoms with Crippen LogP contribution in [0.1, 0.15) is 259 Å². The first-order valence-electron chi connectivity index (χ1n) is 49.5. The Kier molecular flexibility index (Phi) is 63.3. The number of amides is 18. The third-order valence-corrected chi connectivity index (χ3v) is 22.7. The van der Waals surface area contributed by atoms with Crippen LogP contribution in [0.15, 0.2) is 0 Å². The maximum atomic E-state index is 14.7. The summed E-state index contributed by atoms with van der Waals surface area (Å²) in [5, 5.41) is 136. The molecule has 0 rings (SSSR count). The fraction of sp³-hybridized carbons (Fsp3) is 0.774. The SMILES string of the molecule is CC(C)C[C@H](NC(=O)[C@H](CC(C)C)NC(=O)[C@H](CCC(=O)O)NC(=O)[C@@H](NC(=O)[C@@H](NC(=O)[C@H](CCCCN)NC(=O)[C@H](CC(C)C)NC(=O)[C@H](CC(C)C)NC(=O)[C@H](CCC(=O)O)NC(=O)[C@@H](NC(=O)[C@@H](NC(=O)[C@H](CCCCN)NC(=O)[C@H](CC(C)C)NC(=O)[C@@H](N)CC(C)C)[C@@H](C)O)[C@@H](C)O)[C@@H](C)O)[C@@H](C)O)C(=O)N[C@@H](CCCCN)C(=O)N[C@H](C(=O)N[C@H](C(=O)N[C@@H](CCC(=O)O)C(N)=O)[C@@H](C)O)[C@@H](C)O. The lowest BCUT2D eigenvalue weighted by Gasteiger charge is -2.30. The summed E-state index contributed by atoms with van der Waals surface area (Å²) < 4.78 is 0. The number of rotatable bonds is 74. The standard InChI is InChI=1S/C93H168N22O30/c1-43(2)37-55(97)77(129)105-62(38-44(3)4)83(135)100-57(25-19-22-34-94)80(132)111-74(53(17)120)92(144)114-71(50(14)117)89(141)103-60(29-32-68(124)125)78(130)107-66(42-48(11)12)87(139)109-64(40-46(7)8)85(137)102-59(27-21-24-36-96)82(134)112-75(54(18)121)93(145)115-72(51(15)118)90(142)104-61(30-33-69(126)127)79(131)106-65(41-47(9)10)86(138)108-63(39-45(5)6)84(136)101-58(26-20-23-35-95)81(133)110-73(52(16)119)91(143)113-70(49(13)116)88(140)99-56(76(98)128)28-31-67(122)123/h43-66,70-75,116-121H,19-42,94-97H2,1-18H3,(H2,98,128)(H,99,140)(H,100,135)(H,101,136)(H,102,137)(H,103,141)(H,104,142)(H,105,129)(H,106,131)(H,107,130)(H,108,138)(H,109,139)(H,110,133)(H,111,132)(H,112,134)(H,113,143)(H,114,144)(H,115,145)(H,122,123)(H,124,125)(H,126,127)/t49-,50-,51-,52-,53-,54-,55+,56+,57+,58+,59+,60+,61+,62+,63+,64+,65+,66+,70+,71+,72+,73+,74+,75+/m1/s1. The minimum Gasteiger partial charge on any atom is -0.481 e. The number of nitrogens with two attached hydrogens (primary N) is 5. The van der Waals surface area contributed by atoms with Crippen molar-refractivity contribution in [1.82, 2.24) is 90.4 Å². The average Bonchev–Trinajstić information content (AvgIpc) is 0.849. The number of aliphatic hydroxyl groups is 6. The van der Waals surface area contributed by atoms with E-state index < -0.39 is 332 Å². The Bertz CT molecular complexity index is 4190. The van der Waals surface area contributed by atoms with Gasteiger partial charge in [0.25, 0.3) is 0 Å². The van der Waals surface area contributed by atoms with Crippen LogP contribution >= 0.6 is 0 Å². The molecule has 36 N–H and O–H groups in total. The van der Waals surface area contributed by atoms with Crippen molar-refractivity contribution in [3.8, 4) is 0 Å². The summed E-state index contributed by atoms with van der Waals surface area (Å²) in [6.07, 6.45) is -14.3. The van der Waals surface area contributed by atoms with Gasteiger partial charge in [0.05, 0.1) is 42.7 Å². The number of unbranched alkanes of at least 4 members (excludes halogenated alkanes) is 3. The Balaban J connectivity index is 7.36. The molecule has 0 aromatic carbocycles. The van der Waals surface area contributed by atoms with Crippen LogP contribution in [0, 0.1) is 35.5 Å². The highest BCUT2D eigenvalue weighted by Crippen LogP contribution is 2.19. The molecule has 0 fully saturated rings. The number of primary amides is 1. The van der Waals surface area contributed by atoms with Gasteiger partial charge < -0.3 is 165 Å². The Labute approximate surface area is 846 Å². The van der Waals surface area contributed by atoms with Crippen LogP contribution in [0.5, 0.6) is 0 Å². The van der Waals surface area contributed by atoms with Gasteiger partial charge in [-0.15, -0.1) is 0 Å². The van der Waals surface area contributed by atoms with Crippen LogP contribution in [0.2, 0.25) is 0 Å². The van der Waals surface area contributed by atoms with Gasteiger partial charge in [-0.1, -0.05) is 83.1 Å². The quantitative estimate of drug-likeness (QED) is 0.0252. The molecule has 0 saturated carbocycles. The van der Waals surface area contributed by atoms with Gasteiger partial charge >= 0.3 is 17.9 Å². The molecular weight excluding hydrogens is 1910 g/mol. The molecule has 0 saturated heterocycles. The zero-order valence-electron chi connectivity index (χ0n) is 86.8. The van der Waals surface area contributed by atoms with Crippen molar-refractivity contribution in [2.45, 2.75) is 405 Å². The van der Waals surface area contributed by atoms with Gasteiger partial charge in [0.15, 0.2) is 0 Å². The van der Waals surface area contributed by atoms with Crippen LogP contribution in [0.25, 0.3) is 0 Å². The van der Waals surface area contributed by atoms with Crippen LogP contribution in [-0.2, 0) is 101 Å². The van der Waals surface area contributed by atoms with Crippen LogP contribution < -0.4 is 119 Å². The van der Waals surface area contributed by atoms with E-state index in [1.54, 1.807) is 69.2 Å². The molecule has 0 bridgehead atoms. The highest BCUT2D eigenvalue weighted by atomic mass is 16.4. The molecule has 0 unspecified atom stereocenters. The second-order valence-electron chi connectivity index (χ2n) is 39.5. The molecule has 830 valence electrons. The number of carboxylic acid groups (broad SMARTS) is 3. The van der Waals surface area contributed by atoms with Crippen molar-refractivity contribution in [1.29, 1.82) is 0 Å². The minimum absolute atomic E-state index is 0.0320. The Morgan fingerprint density at radius 2 is 0.352 bits per heavy atom. The van der Waals surface area contributed by atoms with Gasteiger partial charge in [-0.2, -0.15) is 0 Å². The summed E-state index contributed by atoms with van der Waals surface area (Å²) in [6.45, 7) is 27.2. The molecule has 52 heteroatoms. The van der Waals surface area contributed by atoms with Crippen molar-refractivity contribution in [2.24, 2.45) is 64.2 Å². The summed E-state index contributed by atoms with van der Waals surface area (Å²) in [7, 11) is 0. The number of nitrogens with one attached hydrogen (secondary N) is 17. The fourth-order valence-corrected chi connectivity index (χ4v) is 14.9. The van der Waals surface area contributed by atoms with Gasteiger partial charge in [0.1, 0.15) is 103 Å². The zero-order valence-corrected chi connectivity index (χ0v) is 86.8. The topological polar surface area (TPSA) is 875 Å². The molecule has 52 nitrogen and oxygen atoms in total. The van der Waals surface area contributed by atoms with Gasteiger partial charge in [-0.3, -0.25) is 101 Å². The molecule has 0 aromatic rings. The molecule has 0 aliphatic rings. The van der Waals surface area contributed by atoms with E-state index >= 15 is 0 Å². The first-order chi connectivity index (χ1) is 67.4. The summed E-state index contributed by atoms with van der Waals surface area (Å²) >= 11 is 0. The van der Waals surface area contributed by atoms with Crippen LogP contribution in [0.4, 0.5) is 0 Å². The molecule has 145 heavy (non-hydrogen) atoms. The molecular formula is C93H168N22O30. The molecule has 0 aliphatic carbocycles. The number of carbonyl (C=O) groups excluding carboxylic acids is 18. The summed E-state index contributed by atoms with van der Waals surface area (Å²) in [5.41, 5.74) is 28.8. The highest BCUT2D eigenvalue weighted by Gasteiger charge is 2.44. The average molecular weight is 2070 g/mol. The van der Waals surface area contributed by atoms with E-state index in [1.807, 2.05) is 13.8 Å². The van der Waals surface area contributed by atoms with Crippen molar-refractivity contribution in [3.05, 3.63) is 0 Å². The molecule has 0 spiro atoms. The molecule has 18 amide bonds. The predicted molar refractivity (Wildman–Crippen MR) is 526 cm³/mol. The van der Waals surface area contributed by atoms with Crippen molar-refractivity contribution < 1.29 is 147 Å². The number of carbonyl (C=O) groups is 21. The van der Waals surface area contributed by atoms with E-state index in [0.29, 0.717) is 12.8 Å². The van der Waals surface area contributed by atoms with Crippen molar-refractivity contribution in [3.63, 3.8) is 0 Å². The normalized spacial score (nSPS) is 16.5. The minimum atomic E-state index is -2.11. The number of aliphatic carboxylic acids is 3. The Hall–Kier alpha value is -11.5. The van der Waals surface area contributed by atoms with Crippen molar-refractivity contribution >= 4 is 124 Å². The van der Waals surface area contributed by atoms with Gasteiger partial charge in [-0.05, 0) is 212 Å². The third kappa shape index (κ3) is 52.9. The Morgan fingerprint density at radius 1 is 0.200 bits per heavy atom. The second-order valence-corrected chi connectivity index (χ2v) is 39.5. The summed E-state index contributed by atoms with van der Waals surface area (Å²) in [6, 6.07) is -30.3. The number of aliphatic hydroxyl groups excluding tert-OH is 6. The highest BCUT2D eigenvalue weighted by molar-refractivity contribution is 6.02. The summed E-state index contributed by atoms with van der Waals surface area (Å²) in [4.78, 5) is 290. The fourth-order valence-electron chi connectivity index (χ4n) is 14.9. The molecule has 0 heterocycles. The van der Waals surface area contributed by atoms with E-state index in [4.69, 9.17) is 33.8 Å². The third-order valence-electron chi connectivity index (χ3n) is 22.7. The predicted octanol–water partition coefficient (Wildman–Crippen LogP) is -7.42. The van der Waals surface area contributed by atoms with E-state index in [2.05, 4.69) is 90.4 Å². The monoisotopic (exact) mass is 2070 g/mol. The van der Waals surface area contributed by atoms with Crippen molar-refractivity contribution in [2.75, 3.05) is 19.6 Å². The lowest BCUT2D eigenvalue weighted by molar-refractivity contribution is -0.140. The van der Waals surface area contributed by atoms with Crippen LogP contribution in [0.3, 0.4) is 0 Å². The maximum Gasteiger partial charge on any atom is 0.303 e. The molecule has 0 aromatic heterocycles. The second kappa shape index (κ2) is 68.8. The van der Waals surface area contributed by atoms with Gasteiger partial charge in [-0.25, -0.2) is 0 Å². The lowest BCUT2D eigenvalue weighted by Crippen LogP contribution is -2.64. The van der Waals surface area contributed by atoms with Gasteiger partial charge in [0.2, 0.25) is 106 Å². The molecule has 24 atom stereocenters. The number of hydrogen-bond acceptors (Lipinski definition) is 31. The largest absolute Gasteiger partial charge is 0.481 e. The van der Waals surface area contributed by atoms with E-state index in [9.17, 15) is 142 Å². The number of carboxylic acids is 3. The smallest absolute Gasteiger partial charge is 0.303 e. The molecule has 0 aliphatic heterocycles. The van der Waals surface area contributed by atoms with E-state index in [1.165, 1.54) is 0 Å². The zero-order chi connectivity index (χ0) is 111. The van der Waals surface area contributed by atoms with Crippen LogP contribution in [-0.4, -0.2) is 335 Å². The Morgan fingerprint density at radius 3 is 0.538 bits per heavy atom. The van der Waals surface area contributed by atoms with Gasteiger partial charge in [0, 0.05) is 19.3 Å².